The van der Waals surface area contributed by atoms with Gasteiger partial charge >= 0.3 is 5.97 Å². The molecule has 0 aliphatic rings. The van der Waals surface area contributed by atoms with Crippen molar-refractivity contribution in [3.05, 3.63) is 41.3 Å². The number of hydrogen-bond donors (Lipinski definition) is 3. The molecule has 0 spiro atoms. The molecule has 0 saturated carbocycles. The van der Waals surface area contributed by atoms with Gasteiger partial charge in [-0.1, -0.05) is 13.0 Å². The normalized spacial score (nSPS) is 11.3. The fraction of sp³-hybridized carbons (Fsp3) is 0.231. The fourth-order valence-corrected chi connectivity index (χ4v) is 2.79. The molecule has 0 amide bonds. The van der Waals surface area contributed by atoms with E-state index in [0.717, 1.165) is 0 Å². The van der Waals surface area contributed by atoms with E-state index in [1.165, 1.54) is 18.3 Å². The third-order valence-electron chi connectivity index (χ3n) is 2.96. The topological polar surface area (TPSA) is 112 Å². The molecule has 0 atom stereocenters. The molecule has 21 heavy (non-hydrogen) atoms. The number of anilines is 1. The molecule has 0 aliphatic heterocycles. The second-order valence-corrected chi connectivity index (χ2v) is 6.14. The minimum atomic E-state index is -3.83. The third kappa shape index (κ3) is 3.22. The monoisotopic (exact) mass is 309 g/mol. The van der Waals surface area contributed by atoms with Gasteiger partial charge in [-0.2, -0.15) is 8.42 Å². The fourth-order valence-electron chi connectivity index (χ4n) is 1.72. The van der Waals surface area contributed by atoms with Gasteiger partial charge in [-0.15, -0.1) is 0 Å². The first-order chi connectivity index (χ1) is 9.83. The minimum Gasteiger partial charge on any atom is -0.478 e. The molecule has 8 heteroatoms. The van der Waals surface area contributed by atoms with E-state index in [1.807, 2.05) is 6.92 Å². The number of aromatic nitrogens is 2. The molecule has 0 bridgehead atoms. The highest BCUT2D eigenvalue weighted by molar-refractivity contribution is 7.92. The van der Waals surface area contributed by atoms with Gasteiger partial charge in [0.15, 0.2) is 5.03 Å². The number of carbonyl (C=O) groups is 1. The summed E-state index contributed by atoms with van der Waals surface area (Å²) in [6.07, 6.45) is 1.82. The maximum Gasteiger partial charge on any atom is 0.335 e. The van der Waals surface area contributed by atoms with Gasteiger partial charge < -0.3 is 10.1 Å². The molecule has 2 aromatic rings. The summed E-state index contributed by atoms with van der Waals surface area (Å²) < 4.78 is 26.8. The number of hydrogen-bond acceptors (Lipinski definition) is 4. The summed E-state index contributed by atoms with van der Waals surface area (Å²) in [6, 6.07) is 4.25. The van der Waals surface area contributed by atoms with Gasteiger partial charge in [0.25, 0.3) is 10.0 Å². The first-order valence-corrected chi connectivity index (χ1v) is 7.72. The Labute approximate surface area is 122 Å². The van der Waals surface area contributed by atoms with Crippen molar-refractivity contribution in [1.29, 1.82) is 0 Å². The average Bonchev–Trinajstić information content (AvgIpc) is 2.90. The largest absolute Gasteiger partial charge is 0.478 e. The van der Waals surface area contributed by atoms with Crippen molar-refractivity contribution in [2.75, 3.05) is 4.72 Å². The van der Waals surface area contributed by atoms with Crippen LogP contribution in [0.15, 0.2) is 29.4 Å². The highest BCUT2D eigenvalue weighted by Gasteiger charge is 2.18. The maximum atomic E-state index is 12.2. The number of nitrogens with one attached hydrogen (secondary N) is 2. The van der Waals surface area contributed by atoms with Gasteiger partial charge in [0.1, 0.15) is 5.82 Å². The number of aryl methyl sites for hydroxylation is 2. The molecular formula is C13H15N3O4S. The number of imidazole rings is 1. The van der Waals surface area contributed by atoms with E-state index >= 15 is 0 Å². The van der Waals surface area contributed by atoms with Crippen LogP contribution in [-0.4, -0.2) is 29.5 Å². The molecule has 0 radical (unpaired) electrons. The van der Waals surface area contributed by atoms with Crippen LogP contribution >= 0.6 is 0 Å². The van der Waals surface area contributed by atoms with E-state index in [1.54, 1.807) is 13.0 Å². The molecule has 1 aromatic heterocycles. The van der Waals surface area contributed by atoms with E-state index < -0.39 is 16.0 Å². The molecular weight excluding hydrogens is 294 g/mol. The summed E-state index contributed by atoms with van der Waals surface area (Å²) in [7, 11) is -3.83. The van der Waals surface area contributed by atoms with Crippen LogP contribution in [0, 0.1) is 6.92 Å². The van der Waals surface area contributed by atoms with Gasteiger partial charge in [-0.3, -0.25) is 4.72 Å². The number of aromatic carboxylic acids is 1. The molecule has 3 N–H and O–H groups in total. The minimum absolute atomic E-state index is 0.0113. The van der Waals surface area contributed by atoms with Crippen molar-refractivity contribution in [2.24, 2.45) is 0 Å². The highest BCUT2D eigenvalue weighted by atomic mass is 32.2. The standard InChI is InChI=1S/C13H15N3O4S/c1-3-11-14-7-12(15-11)21(19,20)16-10-6-9(13(17)18)5-4-8(10)2/h4-7,16H,3H2,1-2H3,(H,14,15)(H,17,18). The molecule has 0 fully saturated rings. The SMILES string of the molecule is CCc1ncc(S(=O)(=O)Nc2cc(C(=O)O)ccc2C)[nH]1. The summed E-state index contributed by atoms with van der Waals surface area (Å²) >= 11 is 0. The summed E-state index contributed by atoms with van der Waals surface area (Å²) in [6.45, 7) is 3.54. The van der Waals surface area contributed by atoms with Crippen molar-refractivity contribution >= 4 is 21.7 Å². The molecule has 0 unspecified atom stereocenters. The van der Waals surface area contributed by atoms with Crippen LogP contribution in [0.25, 0.3) is 0 Å². The molecule has 0 saturated heterocycles. The molecule has 0 aliphatic carbocycles. The Kier molecular flexibility index (Phi) is 3.99. The molecule has 112 valence electrons. The number of sulfonamides is 1. The Morgan fingerprint density at radius 3 is 2.71 bits per heavy atom. The predicted molar refractivity (Wildman–Crippen MR) is 76.9 cm³/mol. The molecule has 1 aromatic carbocycles. The summed E-state index contributed by atoms with van der Waals surface area (Å²) in [5.74, 6) is -0.559. The Morgan fingerprint density at radius 2 is 2.14 bits per heavy atom. The van der Waals surface area contributed by atoms with E-state index in [-0.39, 0.29) is 16.3 Å². The Morgan fingerprint density at radius 1 is 1.43 bits per heavy atom. The first kappa shape index (κ1) is 15.0. The van der Waals surface area contributed by atoms with Crippen molar-refractivity contribution in [3.8, 4) is 0 Å². The Bertz CT molecular complexity index is 780. The molecule has 2 rings (SSSR count). The second kappa shape index (κ2) is 5.57. The lowest BCUT2D eigenvalue weighted by molar-refractivity contribution is 0.0697. The highest BCUT2D eigenvalue weighted by Crippen LogP contribution is 2.20. The maximum absolute atomic E-state index is 12.2. The zero-order valence-electron chi connectivity index (χ0n) is 11.5. The molecule has 1 heterocycles. The van der Waals surface area contributed by atoms with Gasteiger partial charge in [-0.05, 0) is 24.6 Å². The first-order valence-electron chi connectivity index (χ1n) is 6.24. The Balaban J connectivity index is 2.36. The quantitative estimate of drug-likeness (QED) is 0.779. The lowest BCUT2D eigenvalue weighted by Gasteiger charge is -2.10. The van der Waals surface area contributed by atoms with Gasteiger partial charge in [-0.25, -0.2) is 9.78 Å². The van der Waals surface area contributed by atoms with Crippen LogP contribution in [0.4, 0.5) is 5.69 Å². The number of H-pyrrole nitrogens is 1. The number of carboxylic acid groups (broad SMARTS) is 1. The van der Waals surface area contributed by atoms with Crippen LogP contribution in [0.2, 0.25) is 0 Å². The second-order valence-electron chi connectivity index (χ2n) is 4.49. The van der Waals surface area contributed by atoms with Crippen LogP contribution < -0.4 is 4.72 Å². The third-order valence-corrected chi connectivity index (χ3v) is 4.23. The number of benzene rings is 1. The zero-order valence-corrected chi connectivity index (χ0v) is 12.4. The number of nitrogens with zero attached hydrogens (tertiary/aromatic N) is 1. The summed E-state index contributed by atoms with van der Waals surface area (Å²) in [4.78, 5) is 17.6. The van der Waals surface area contributed by atoms with E-state index in [4.69, 9.17) is 5.11 Å². The van der Waals surface area contributed by atoms with Crippen LogP contribution in [0.3, 0.4) is 0 Å². The Hall–Kier alpha value is -2.35. The van der Waals surface area contributed by atoms with E-state index in [9.17, 15) is 13.2 Å². The van der Waals surface area contributed by atoms with Crippen LogP contribution in [-0.2, 0) is 16.4 Å². The van der Waals surface area contributed by atoms with E-state index in [2.05, 4.69) is 14.7 Å². The lowest BCUT2D eigenvalue weighted by atomic mass is 10.1. The summed E-state index contributed by atoms with van der Waals surface area (Å²) in [5.41, 5.74) is 0.860. The summed E-state index contributed by atoms with van der Waals surface area (Å²) in [5, 5.41) is 8.90. The van der Waals surface area contributed by atoms with Crippen LogP contribution in [0.1, 0.15) is 28.7 Å². The number of carboxylic acids is 1. The van der Waals surface area contributed by atoms with Crippen molar-refractivity contribution in [3.63, 3.8) is 0 Å². The average molecular weight is 309 g/mol. The smallest absolute Gasteiger partial charge is 0.335 e. The van der Waals surface area contributed by atoms with Gasteiger partial charge in [0.05, 0.1) is 17.4 Å². The number of rotatable bonds is 5. The van der Waals surface area contributed by atoms with Gasteiger partial charge in [0.2, 0.25) is 0 Å². The zero-order chi connectivity index (χ0) is 15.6. The van der Waals surface area contributed by atoms with E-state index in [0.29, 0.717) is 17.8 Å². The lowest BCUT2D eigenvalue weighted by Crippen LogP contribution is -2.15. The van der Waals surface area contributed by atoms with Gasteiger partial charge in [0, 0.05) is 6.42 Å². The van der Waals surface area contributed by atoms with Crippen molar-refractivity contribution < 1.29 is 18.3 Å². The van der Waals surface area contributed by atoms with Crippen LogP contribution in [0.5, 0.6) is 0 Å². The predicted octanol–water partition coefficient (Wildman–Crippen LogP) is 1.78. The van der Waals surface area contributed by atoms with Crippen molar-refractivity contribution in [2.45, 2.75) is 25.3 Å². The molecule has 7 nitrogen and oxygen atoms in total. The number of aromatic amines is 1. The van der Waals surface area contributed by atoms with Crippen molar-refractivity contribution in [1.82, 2.24) is 9.97 Å².